The maximum absolute atomic E-state index is 12.4. The molecule has 0 aliphatic carbocycles. The minimum Gasteiger partial charge on any atom is -0.394 e. The molecule has 0 fully saturated rings. The van der Waals surface area contributed by atoms with Crippen molar-refractivity contribution in [2.24, 2.45) is 0 Å². The molecular weight excluding hydrogens is 675 g/mol. The minimum absolute atomic E-state index is 0.0924. The van der Waals surface area contributed by atoms with E-state index >= 15 is 0 Å². The van der Waals surface area contributed by atoms with E-state index in [0.717, 1.165) is 64.2 Å². The minimum atomic E-state index is -0.880. The third-order valence-electron chi connectivity index (χ3n) is 10.4. The zero-order chi connectivity index (χ0) is 40.0. The molecule has 2 unspecified atom stereocenters. The van der Waals surface area contributed by atoms with Crippen LogP contribution in [0.3, 0.4) is 0 Å². The van der Waals surface area contributed by atoms with Crippen LogP contribution in [0.1, 0.15) is 226 Å². The maximum Gasteiger partial charge on any atom is 0.220 e. The third-order valence-corrected chi connectivity index (χ3v) is 10.4. The van der Waals surface area contributed by atoms with Crippen LogP contribution in [0.5, 0.6) is 0 Å². The fourth-order valence-electron chi connectivity index (χ4n) is 6.75. The Morgan fingerprint density at radius 1 is 0.436 bits per heavy atom. The molecule has 55 heavy (non-hydrogen) atoms. The van der Waals surface area contributed by atoms with Crippen molar-refractivity contribution < 1.29 is 15.0 Å². The highest BCUT2D eigenvalue weighted by Crippen LogP contribution is 2.14. The maximum atomic E-state index is 12.4. The summed E-state index contributed by atoms with van der Waals surface area (Å²) in [5.41, 5.74) is 0. The molecule has 0 saturated carbocycles. The molecular formula is C51H91NO3. The number of hydrogen-bond donors (Lipinski definition) is 3. The average molecular weight is 766 g/mol. The third kappa shape index (κ3) is 42.8. The van der Waals surface area contributed by atoms with E-state index in [2.05, 4.69) is 79.9 Å². The summed E-state index contributed by atoms with van der Waals surface area (Å²) >= 11 is 0. The van der Waals surface area contributed by atoms with E-state index < -0.39 is 12.1 Å². The van der Waals surface area contributed by atoms with E-state index in [1.807, 2.05) is 6.08 Å². The highest BCUT2D eigenvalue weighted by atomic mass is 16.3. The monoisotopic (exact) mass is 766 g/mol. The number of carbonyl (C=O) groups excluding carboxylic acids is 1. The Labute approximate surface area is 342 Å². The molecule has 0 aromatic heterocycles. The lowest BCUT2D eigenvalue weighted by molar-refractivity contribution is -0.123. The summed E-state index contributed by atoms with van der Waals surface area (Å²) < 4.78 is 0. The molecule has 0 aliphatic rings. The second-order valence-electron chi connectivity index (χ2n) is 15.8. The number of unbranched alkanes of at least 4 members (excludes halogenated alkanes) is 25. The summed E-state index contributed by atoms with van der Waals surface area (Å²) in [6.45, 7) is 4.26. The van der Waals surface area contributed by atoms with Crippen LogP contribution in [0.4, 0.5) is 0 Å². The van der Waals surface area contributed by atoms with Gasteiger partial charge in [0.25, 0.3) is 0 Å². The summed E-state index contributed by atoms with van der Waals surface area (Å²) in [4.78, 5) is 12.4. The molecule has 4 nitrogen and oxygen atoms in total. The average Bonchev–Trinajstić information content (AvgIpc) is 3.19. The summed E-state index contributed by atoms with van der Waals surface area (Å²) in [7, 11) is 0. The molecule has 1 amide bonds. The standard InChI is InChI=1S/C51H91NO3/c1-3-5-7-9-11-13-15-17-19-21-23-24-25-26-27-29-30-32-34-36-38-40-42-44-46-50(54)49(48-53)52-51(55)47-45-43-41-39-37-35-33-31-28-22-20-18-16-14-12-10-8-6-4-2/h12,14,18,20,28-31,36,38,44,46,49-50,53-54H,3-11,13,15-17,19,21-27,32-35,37,39-43,45,47-48H2,1-2H3,(H,52,55)/b14-12-,20-18-,30-29+,31-28-,38-36+,46-44+. The number of carbonyl (C=O) groups is 1. The Morgan fingerprint density at radius 2 is 0.764 bits per heavy atom. The van der Waals surface area contributed by atoms with Crippen LogP contribution >= 0.6 is 0 Å². The zero-order valence-corrected chi connectivity index (χ0v) is 36.4. The van der Waals surface area contributed by atoms with Crippen molar-refractivity contribution in [2.75, 3.05) is 6.61 Å². The van der Waals surface area contributed by atoms with E-state index in [-0.39, 0.29) is 12.5 Å². The van der Waals surface area contributed by atoms with E-state index in [0.29, 0.717) is 6.42 Å². The second kappa shape index (κ2) is 46.2. The van der Waals surface area contributed by atoms with Crippen LogP contribution in [0.25, 0.3) is 0 Å². The summed E-state index contributed by atoms with van der Waals surface area (Å²) in [6, 6.07) is -0.656. The first kappa shape index (κ1) is 52.8. The van der Waals surface area contributed by atoms with Crippen LogP contribution in [0.2, 0.25) is 0 Å². The number of amides is 1. The Morgan fingerprint density at radius 3 is 1.22 bits per heavy atom. The van der Waals surface area contributed by atoms with Crippen molar-refractivity contribution in [1.82, 2.24) is 5.32 Å². The predicted octanol–water partition coefficient (Wildman–Crippen LogP) is 15.1. The second-order valence-corrected chi connectivity index (χ2v) is 15.8. The number of rotatable bonds is 42. The Hall–Kier alpha value is -2.17. The lowest BCUT2D eigenvalue weighted by Gasteiger charge is -2.19. The predicted molar refractivity (Wildman–Crippen MR) is 244 cm³/mol. The molecule has 0 radical (unpaired) electrons. The number of aliphatic hydroxyl groups is 2. The molecule has 0 rings (SSSR count). The molecule has 0 aromatic rings. The lowest BCUT2D eigenvalue weighted by Crippen LogP contribution is -2.45. The van der Waals surface area contributed by atoms with Gasteiger partial charge in [0, 0.05) is 6.42 Å². The van der Waals surface area contributed by atoms with Crippen molar-refractivity contribution in [3.05, 3.63) is 72.9 Å². The first-order valence-electron chi connectivity index (χ1n) is 23.7. The topological polar surface area (TPSA) is 69.6 Å². The van der Waals surface area contributed by atoms with Gasteiger partial charge in [0.15, 0.2) is 0 Å². The van der Waals surface area contributed by atoms with Gasteiger partial charge in [-0.25, -0.2) is 0 Å². The van der Waals surface area contributed by atoms with Gasteiger partial charge in [0.2, 0.25) is 5.91 Å². The van der Waals surface area contributed by atoms with Gasteiger partial charge in [0.05, 0.1) is 18.8 Å². The van der Waals surface area contributed by atoms with Gasteiger partial charge < -0.3 is 15.5 Å². The molecule has 4 heteroatoms. The normalized spacial score (nSPS) is 13.6. The van der Waals surface area contributed by atoms with Crippen molar-refractivity contribution in [2.45, 2.75) is 238 Å². The largest absolute Gasteiger partial charge is 0.394 e. The first-order valence-corrected chi connectivity index (χ1v) is 23.7. The van der Waals surface area contributed by atoms with Gasteiger partial charge >= 0.3 is 0 Å². The number of aliphatic hydroxyl groups excluding tert-OH is 2. The fraction of sp³-hybridized carbons (Fsp3) is 0.745. The first-order chi connectivity index (χ1) is 27.2. The summed E-state index contributed by atoms with van der Waals surface area (Å²) in [6.07, 6.45) is 65.9. The van der Waals surface area contributed by atoms with Gasteiger partial charge in [-0.3, -0.25) is 4.79 Å². The van der Waals surface area contributed by atoms with Gasteiger partial charge in [0.1, 0.15) is 0 Å². The van der Waals surface area contributed by atoms with Gasteiger partial charge in [-0.15, -0.1) is 0 Å². The van der Waals surface area contributed by atoms with E-state index in [1.54, 1.807) is 6.08 Å². The summed E-state index contributed by atoms with van der Waals surface area (Å²) in [5.74, 6) is -0.0924. The quantitative estimate of drug-likeness (QED) is 0.0428. The number of hydrogen-bond acceptors (Lipinski definition) is 3. The van der Waals surface area contributed by atoms with E-state index in [9.17, 15) is 15.0 Å². The van der Waals surface area contributed by atoms with Crippen LogP contribution in [-0.4, -0.2) is 34.9 Å². The Kier molecular flexibility index (Phi) is 44.4. The highest BCUT2D eigenvalue weighted by molar-refractivity contribution is 5.76. The fourth-order valence-corrected chi connectivity index (χ4v) is 6.75. The Balaban J connectivity index is 3.67. The SMILES string of the molecule is CCCCC/C=C\C/C=C\C/C=C\CCCCCCCCC(=O)NC(CO)C(O)/C=C/CC/C=C/CC/C=C/CCCCCCCCCCCCCCCC. The molecule has 0 aliphatic heterocycles. The van der Waals surface area contributed by atoms with Gasteiger partial charge in [-0.2, -0.15) is 0 Å². The van der Waals surface area contributed by atoms with Gasteiger partial charge in [-0.1, -0.05) is 209 Å². The van der Waals surface area contributed by atoms with Crippen LogP contribution in [0, 0.1) is 0 Å². The van der Waals surface area contributed by atoms with Crippen LogP contribution < -0.4 is 5.32 Å². The van der Waals surface area contributed by atoms with Crippen molar-refractivity contribution >= 4 is 5.91 Å². The Bertz CT molecular complexity index is 961. The van der Waals surface area contributed by atoms with E-state index in [1.165, 1.54) is 141 Å². The van der Waals surface area contributed by atoms with Crippen LogP contribution in [-0.2, 0) is 4.79 Å². The number of nitrogens with one attached hydrogen (secondary N) is 1. The zero-order valence-electron chi connectivity index (χ0n) is 36.4. The number of allylic oxidation sites excluding steroid dienone is 11. The molecule has 0 aromatic carbocycles. The molecule has 318 valence electrons. The summed E-state index contributed by atoms with van der Waals surface area (Å²) in [5, 5.41) is 23.0. The smallest absolute Gasteiger partial charge is 0.220 e. The molecule has 0 saturated heterocycles. The molecule has 0 spiro atoms. The molecule has 2 atom stereocenters. The molecule has 0 bridgehead atoms. The lowest BCUT2D eigenvalue weighted by atomic mass is 10.0. The van der Waals surface area contributed by atoms with E-state index in [4.69, 9.17) is 0 Å². The van der Waals surface area contributed by atoms with Crippen molar-refractivity contribution in [3.8, 4) is 0 Å². The van der Waals surface area contributed by atoms with Crippen molar-refractivity contribution in [1.29, 1.82) is 0 Å². The molecule has 0 heterocycles. The van der Waals surface area contributed by atoms with Crippen molar-refractivity contribution in [3.63, 3.8) is 0 Å². The molecule has 3 N–H and O–H groups in total. The van der Waals surface area contributed by atoms with Gasteiger partial charge in [-0.05, 0) is 83.5 Å². The highest BCUT2D eigenvalue weighted by Gasteiger charge is 2.17. The van der Waals surface area contributed by atoms with Crippen LogP contribution in [0.15, 0.2) is 72.9 Å².